The van der Waals surface area contributed by atoms with Crippen LogP contribution in [0.4, 0.5) is 0 Å². The van der Waals surface area contributed by atoms with Gasteiger partial charge in [-0.2, -0.15) is 0 Å². The third-order valence-electron chi connectivity index (χ3n) is 5.79. The summed E-state index contributed by atoms with van der Waals surface area (Å²) in [5, 5.41) is 29.5. The fraction of sp³-hybridized carbons (Fsp3) is 1.00. The van der Waals surface area contributed by atoms with Crippen molar-refractivity contribution in [2.45, 2.75) is 37.4 Å². The highest BCUT2D eigenvalue weighted by atomic mass is 16.7. The van der Waals surface area contributed by atoms with Crippen molar-refractivity contribution in [3.05, 3.63) is 0 Å². The minimum Gasteiger partial charge on any atom is -0.396 e. The molecule has 3 N–H and O–H groups in total. The molecule has 4 fully saturated rings. The van der Waals surface area contributed by atoms with E-state index in [0.717, 1.165) is 19.3 Å². The van der Waals surface area contributed by atoms with Gasteiger partial charge in [0.2, 0.25) is 0 Å². The molecule has 0 radical (unpaired) electrons. The first-order valence-corrected chi connectivity index (χ1v) is 6.65. The van der Waals surface area contributed by atoms with Crippen LogP contribution in [0.25, 0.3) is 0 Å². The molecule has 4 rings (SSSR count). The normalized spacial score (nSPS) is 52.7. The number of hydrogen-bond donors (Lipinski definition) is 3. The van der Waals surface area contributed by atoms with Gasteiger partial charge in [0, 0.05) is 25.0 Å². The number of methoxy groups -OCH3 is 1. The van der Waals surface area contributed by atoms with Gasteiger partial charge in [-0.15, -0.1) is 0 Å². The third kappa shape index (κ3) is 1.20. The maximum atomic E-state index is 10.5. The molecule has 4 bridgehead atoms. The maximum Gasteiger partial charge on any atom is 0.147 e. The second kappa shape index (κ2) is 3.90. The Kier molecular flexibility index (Phi) is 2.78. The number of hydrogen-bond acceptors (Lipinski definition) is 5. The SMILES string of the molecule is COCO[C@]12CC[C@]3(CCO)C[C@@]1(CO)C2[C@@H]3O. The summed E-state index contributed by atoms with van der Waals surface area (Å²) in [6, 6.07) is 0. The molecule has 0 aromatic heterocycles. The predicted molar refractivity (Wildman–Crippen MR) is 62.7 cm³/mol. The number of aliphatic hydroxyl groups is 3. The minimum atomic E-state index is -0.470. The van der Waals surface area contributed by atoms with Crippen LogP contribution < -0.4 is 0 Å². The minimum absolute atomic E-state index is 0.00505. The summed E-state index contributed by atoms with van der Waals surface area (Å²) < 4.78 is 10.8. The summed E-state index contributed by atoms with van der Waals surface area (Å²) >= 11 is 0. The van der Waals surface area contributed by atoms with Crippen LogP contribution in [-0.4, -0.2) is 54.1 Å². The van der Waals surface area contributed by atoms with Gasteiger partial charge in [-0.1, -0.05) is 0 Å². The molecule has 5 nitrogen and oxygen atoms in total. The fourth-order valence-corrected chi connectivity index (χ4v) is 4.99. The van der Waals surface area contributed by atoms with Crippen molar-refractivity contribution in [2.24, 2.45) is 16.7 Å². The van der Waals surface area contributed by atoms with Gasteiger partial charge in [0.1, 0.15) is 6.79 Å². The molecular weight excluding hydrogens is 236 g/mol. The molecule has 5 atom stereocenters. The zero-order chi connectivity index (χ0) is 13.0. The molecular formula is C13H22O5. The van der Waals surface area contributed by atoms with Crippen LogP contribution in [0.5, 0.6) is 0 Å². The molecule has 0 saturated heterocycles. The molecule has 0 aromatic rings. The predicted octanol–water partition coefficient (Wildman–Crippen LogP) is -0.119. The standard InChI is InChI=1S/C13H22O5/c1-17-8-18-13-3-2-11(4-5-14)6-12(13,7-15)9(13)10(11)16/h9-10,14-16H,2-8H2,1H3/t9?,10-,11-,12+,13-/m0/s1. The maximum absolute atomic E-state index is 10.5. The number of rotatable bonds is 6. The third-order valence-corrected chi connectivity index (χ3v) is 5.79. The Balaban J connectivity index is 1.86. The molecule has 4 saturated carbocycles. The Hall–Kier alpha value is -0.200. The highest BCUT2D eigenvalue weighted by molar-refractivity contribution is 5.36. The number of fused-ring (bicyclic) bond motifs is 1. The highest BCUT2D eigenvalue weighted by Crippen LogP contribution is 2.82. The van der Waals surface area contributed by atoms with E-state index in [1.165, 1.54) is 0 Å². The molecule has 1 unspecified atom stereocenters. The number of ether oxygens (including phenoxy) is 2. The quantitative estimate of drug-likeness (QED) is 0.579. The van der Waals surface area contributed by atoms with Crippen LogP contribution in [0, 0.1) is 16.7 Å². The molecule has 18 heavy (non-hydrogen) atoms. The van der Waals surface area contributed by atoms with Crippen LogP contribution in [0.15, 0.2) is 0 Å². The molecule has 0 aliphatic heterocycles. The largest absolute Gasteiger partial charge is 0.396 e. The summed E-state index contributed by atoms with van der Waals surface area (Å²) in [6.45, 7) is 0.348. The topological polar surface area (TPSA) is 79.2 Å². The second-order valence-electron chi connectivity index (χ2n) is 6.19. The lowest BCUT2D eigenvalue weighted by molar-refractivity contribution is -0.166. The molecule has 0 heterocycles. The highest BCUT2D eigenvalue weighted by Gasteiger charge is 2.88. The first-order chi connectivity index (χ1) is 8.62. The Morgan fingerprint density at radius 1 is 1.28 bits per heavy atom. The van der Waals surface area contributed by atoms with Crippen LogP contribution >= 0.6 is 0 Å². The number of aliphatic hydroxyl groups excluding tert-OH is 3. The van der Waals surface area contributed by atoms with Crippen LogP contribution in [-0.2, 0) is 9.47 Å². The smallest absolute Gasteiger partial charge is 0.147 e. The van der Waals surface area contributed by atoms with Crippen molar-refractivity contribution in [2.75, 3.05) is 27.1 Å². The summed E-state index contributed by atoms with van der Waals surface area (Å²) in [4.78, 5) is 0. The van der Waals surface area contributed by atoms with Gasteiger partial charge in [-0.25, -0.2) is 0 Å². The first kappa shape index (κ1) is 12.8. The summed E-state index contributed by atoms with van der Waals surface area (Å²) in [5.74, 6) is 0.00505. The van der Waals surface area contributed by atoms with Crippen LogP contribution in [0.2, 0.25) is 0 Å². The van der Waals surface area contributed by atoms with Gasteiger partial charge in [0.25, 0.3) is 0 Å². The van der Waals surface area contributed by atoms with Gasteiger partial charge in [0.05, 0.1) is 18.3 Å². The van der Waals surface area contributed by atoms with E-state index in [-0.39, 0.29) is 36.8 Å². The Morgan fingerprint density at radius 3 is 2.61 bits per heavy atom. The second-order valence-corrected chi connectivity index (χ2v) is 6.19. The molecule has 4 aliphatic rings. The zero-order valence-electron chi connectivity index (χ0n) is 10.8. The van der Waals surface area contributed by atoms with E-state index in [0.29, 0.717) is 6.42 Å². The molecule has 4 aliphatic carbocycles. The van der Waals surface area contributed by atoms with Gasteiger partial charge in [0.15, 0.2) is 0 Å². The van der Waals surface area contributed by atoms with Gasteiger partial charge in [-0.05, 0) is 31.1 Å². The van der Waals surface area contributed by atoms with Crippen molar-refractivity contribution in [1.29, 1.82) is 0 Å². The summed E-state index contributed by atoms with van der Waals surface area (Å²) in [6.07, 6.45) is 2.61. The average molecular weight is 258 g/mol. The molecule has 104 valence electrons. The van der Waals surface area contributed by atoms with Crippen molar-refractivity contribution >= 4 is 0 Å². The lowest BCUT2D eigenvalue weighted by atomic mass is 9.64. The molecule has 0 aromatic carbocycles. The zero-order valence-corrected chi connectivity index (χ0v) is 10.8. The van der Waals surface area contributed by atoms with Crippen molar-refractivity contribution in [3.63, 3.8) is 0 Å². The molecule has 0 spiro atoms. The van der Waals surface area contributed by atoms with Crippen molar-refractivity contribution < 1.29 is 24.8 Å². The average Bonchev–Trinajstić information content (AvgIpc) is 2.90. The molecule has 0 amide bonds. The van der Waals surface area contributed by atoms with Crippen LogP contribution in [0.3, 0.4) is 0 Å². The van der Waals surface area contributed by atoms with Gasteiger partial charge < -0.3 is 24.8 Å². The van der Waals surface area contributed by atoms with E-state index in [1.54, 1.807) is 7.11 Å². The lowest BCUT2D eigenvalue weighted by Gasteiger charge is -2.46. The lowest BCUT2D eigenvalue weighted by Crippen LogP contribution is -2.48. The van der Waals surface area contributed by atoms with Crippen LogP contribution in [0.1, 0.15) is 25.7 Å². The molecule has 5 heteroatoms. The van der Waals surface area contributed by atoms with Crippen molar-refractivity contribution in [1.82, 2.24) is 0 Å². The van der Waals surface area contributed by atoms with E-state index < -0.39 is 11.7 Å². The Labute approximate surface area is 107 Å². The van der Waals surface area contributed by atoms with E-state index in [4.69, 9.17) is 9.47 Å². The summed E-state index contributed by atoms with van der Waals surface area (Å²) in [7, 11) is 1.58. The Morgan fingerprint density at radius 2 is 2.06 bits per heavy atom. The van der Waals surface area contributed by atoms with Gasteiger partial charge in [-0.3, -0.25) is 0 Å². The van der Waals surface area contributed by atoms with E-state index in [2.05, 4.69) is 0 Å². The summed E-state index contributed by atoms with van der Waals surface area (Å²) in [5.41, 5.74) is -0.910. The first-order valence-electron chi connectivity index (χ1n) is 6.65. The van der Waals surface area contributed by atoms with E-state index in [9.17, 15) is 15.3 Å². The monoisotopic (exact) mass is 258 g/mol. The van der Waals surface area contributed by atoms with Gasteiger partial charge >= 0.3 is 0 Å². The van der Waals surface area contributed by atoms with E-state index >= 15 is 0 Å². The fourth-order valence-electron chi connectivity index (χ4n) is 4.99. The van der Waals surface area contributed by atoms with E-state index in [1.807, 2.05) is 0 Å². The Bertz CT molecular complexity index is 348. The van der Waals surface area contributed by atoms with Crippen molar-refractivity contribution in [3.8, 4) is 0 Å².